The standard InChI is InChI=1S/C6H14O12P2.Ca/c7-3(1-17-19(11,12)13)5(9)6(10)4(8)2-18-20(14,15)16;/h3,5-7,9-10H,1-2H2,(H2,11,12,13)(H2,14,15,16);/q;+2/p-2/t3-,5+,6-;/m1./s1. The van der Waals surface area contributed by atoms with E-state index in [0.717, 1.165) is 0 Å². The third-order valence-electron chi connectivity index (χ3n) is 1.83. The summed E-state index contributed by atoms with van der Waals surface area (Å²) in [5.41, 5.74) is 0. The first-order chi connectivity index (χ1) is 8.83. The minimum Gasteiger partial charge on any atom is -0.790 e. The first-order valence-electron chi connectivity index (χ1n) is 4.77. The molecule has 0 unspecified atom stereocenters. The molecule has 0 rings (SSSR count). The van der Waals surface area contributed by atoms with Crippen molar-refractivity contribution in [2.24, 2.45) is 0 Å². The Morgan fingerprint density at radius 3 is 1.95 bits per heavy atom. The van der Waals surface area contributed by atoms with E-state index < -0.39 is 53.0 Å². The van der Waals surface area contributed by atoms with E-state index in [0.29, 0.717) is 0 Å². The van der Waals surface area contributed by atoms with E-state index in [2.05, 4.69) is 9.05 Å². The van der Waals surface area contributed by atoms with Gasteiger partial charge in [-0.15, -0.1) is 0 Å². The van der Waals surface area contributed by atoms with E-state index in [9.17, 15) is 33.9 Å². The molecule has 0 amide bonds. The Morgan fingerprint density at radius 1 is 1.10 bits per heavy atom. The van der Waals surface area contributed by atoms with Crippen LogP contribution in [0.1, 0.15) is 0 Å². The van der Waals surface area contributed by atoms with Crippen LogP contribution in [-0.2, 0) is 23.0 Å². The van der Waals surface area contributed by atoms with Crippen LogP contribution in [0.2, 0.25) is 0 Å². The van der Waals surface area contributed by atoms with Gasteiger partial charge in [0, 0.05) is 0 Å². The van der Waals surface area contributed by atoms with E-state index in [-0.39, 0.29) is 37.7 Å². The molecule has 0 aromatic heterocycles. The number of Topliss-reactive ketones (excluding diaryl/α,β-unsaturated/α-hetero) is 1. The van der Waals surface area contributed by atoms with Crippen molar-refractivity contribution in [3.8, 4) is 0 Å². The zero-order valence-corrected chi connectivity index (χ0v) is 14.3. The summed E-state index contributed by atoms with van der Waals surface area (Å²) < 4.78 is 27.7. The van der Waals surface area contributed by atoms with Gasteiger partial charge in [-0.3, -0.25) is 9.32 Å². The van der Waals surface area contributed by atoms with E-state index in [1.807, 2.05) is 0 Å². The molecule has 0 aliphatic rings. The molecule has 5 N–H and O–H groups in total. The van der Waals surface area contributed by atoms with Gasteiger partial charge in [0.25, 0.3) is 0 Å². The largest absolute Gasteiger partial charge is 2.00 e. The maximum atomic E-state index is 11.1. The quantitative estimate of drug-likeness (QED) is 0.189. The first kappa shape index (κ1) is 24.3. The first-order valence-corrected chi connectivity index (χ1v) is 7.76. The van der Waals surface area contributed by atoms with Crippen molar-refractivity contribution in [1.29, 1.82) is 0 Å². The Morgan fingerprint density at radius 2 is 1.57 bits per heavy atom. The molecule has 21 heavy (non-hydrogen) atoms. The maximum Gasteiger partial charge on any atom is 2.00 e. The van der Waals surface area contributed by atoms with Crippen LogP contribution in [0.3, 0.4) is 0 Å². The third-order valence-corrected chi connectivity index (χ3v) is 2.76. The van der Waals surface area contributed by atoms with Crippen molar-refractivity contribution in [2.45, 2.75) is 18.3 Å². The molecule has 0 saturated carbocycles. The number of aliphatic hydroxyl groups is 3. The van der Waals surface area contributed by atoms with Gasteiger partial charge in [0.1, 0.15) is 24.9 Å². The van der Waals surface area contributed by atoms with Gasteiger partial charge in [-0.1, -0.05) is 0 Å². The molecule has 12 nitrogen and oxygen atoms in total. The van der Waals surface area contributed by atoms with E-state index in [1.54, 1.807) is 0 Å². The molecule has 0 fully saturated rings. The summed E-state index contributed by atoms with van der Waals surface area (Å²) in [5.74, 6) is -1.40. The second-order valence-electron chi connectivity index (χ2n) is 3.48. The van der Waals surface area contributed by atoms with Crippen molar-refractivity contribution in [1.82, 2.24) is 0 Å². The second kappa shape index (κ2) is 10.0. The molecule has 120 valence electrons. The molecular formula is C6H12CaO12P2. The summed E-state index contributed by atoms with van der Waals surface area (Å²) in [5, 5.41) is 27.6. The molecule has 0 aliphatic heterocycles. The van der Waals surface area contributed by atoms with Gasteiger partial charge >= 0.3 is 45.6 Å². The van der Waals surface area contributed by atoms with E-state index in [4.69, 9.17) is 14.9 Å². The molecule has 3 atom stereocenters. The van der Waals surface area contributed by atoms with Crippen LogP contribution in [0.15, 0.2) is 0 Å². The number of ketones is 1. The number of hydrogen-bond acceptors (Lipinski definition) is 10. The fraction of sp³-hybridized carbons (Fsp3) is 0.833. The van der Waals surface area contributed by atoms with Crippen molar-refractivity contribution in [2.75, 3.05) is 13.2 Å². The van der Waals surface area contributed by atoms with Gasteiger partial charge in [-0.05, 0) is 0 Å². The molecule has 0 aliphatic carbocycles. The van der Waals surface area contributed by atoms with Crippen LogP contribution in [0, 0.1) is 0 Å². The normalized spacial score (nSPS) is 16.7. The minimum absolute atomic E-state index is 0. The molecule has 0 radical (unpaired) electrons. The number of phosphoric ester groups is 2. The number of aliphatic hydroxyl groups excluding tert-OH is 3. The smallest absolute Gasteiger partial charge is 0.790 e. The fourth-order valence-electron chi connectivity index (χ4n) is 0.900. The van der Waals surface area contributed by atoms with Gasteiger partial charge < -0.3 is 44.0 Å². The molecule has 0 spiro atoms. The van der Waals surface area contributed by atoms with Crippen LogP contribution >= 0.6 is 15.6 Å². The van der Waals surface area contributed by atoms with Crippen molar-refractivity contribution >= 4 is 59.2 Å². The van der Waals surface area contributed by atoms with E-state index in [1.165, 1.54) is 0 Å². The molecular weight excluding hydrogens is 366 g/mol. The Balaban J connectivity index is 0. The summed E-state index contributed by atoms with van der Waals surface area (Å²) >= 11 is 0. The molecule has 0 saturated heterocycles. The van der Waals surface area contributed by atoms with Crippen LogP contribution in [0.5, 0.6) is 0 Å². The summed E-state index contributed by atoms with van der Waals surface area (Å²) in [6.07, 6.45) is -6.70. The molecule has 0 aromatic rings. The summed E-state index contributed by atoms with van der Waals surface area (Å²) in [6, 6.07) is 0. The topological polar surface area (TPSA) is 217 Å². The third kappa shape index (κ3) is 12.2. The molecule has 15 heteroatoms. The maximum absolute atomic E-state index is 11.1. The molecule has 0 heterocycles. The van der Waals surface area contributed by atoms with Crippen molar-refractivity contribution < 1.29 is 57.9 Å². The zero-order valence-electron chi connectivity index (χ0n) is 10.3. The predicted octanol–water partition coefficient (Wildman–Crippen LogP) is -4.79. The van der Waals surface area contributed by atoms with Crippen LogP contribution in [0.4, 0.5) is 0 Å². The number of phosphoric acid groups is 2. The van der Waals surface area contributed by atoms with Gasteiger partial charge in [0.2, 0.25) is 0 Å². The summed E-state index contributed by atoms with van der Waals surface area (Å²) in [7, 11) is -10.4. The molecule has 0 aromatic carbocycles. The van der Waals surface area contributed by atoms with Gasteiger partial charge in [-0.2, -0.15) is 0 Å². The number of carbonyl (C=O) groups is 1. The van der Waals surface area contributed by atoms with Crippen LogP contribution < -0.4 is 9.79 Å². The van der Waals surface area contributed by atoms with Gasteiger partial charge in [-0.25, -0.2) is 4.57 Å². The number of hydrogen-bond donors (Lipinski definition) is 5. The molecule has 0 bridgehead atoms. The Bertz CT molecular complexity index is 416. The SMILES string of the molecule is O=C(COP(=O)(O)O)[C@@H](O)[C@@H](O)[C@H](O)COP(=O)([O-])[O-].[Ca+2]. The number of rotatable bonds is 9. The Labute approximate surface area is 148 Å². The van der Waals surface area contributed by atoms with Crippen molar-refractivity contribution in [3.63, 3.8) is 0 Å². The number of carbonyl (C=O) groups excluding carboxylic acids is 1. The minimum atomic E-state index is -5.41. The summed E-state index contributed by atoms with van der Waals surface area (Å²) in [4.78, 5) is 47.9. The van der Waals surface area contributed by atoms with Crippen molar-refractivity contribution in [3.05, 3.63) is 0 Å². The summed E-state index contributed by atoms with van der Waals surface area (Å²) in [6.45, 7) is -2.48. The van der Waals surface area contributed by atoms with Crippen LogP contribution in [0.25, 0.3) is 0 Å². The predicted molar refractivity (Wildman–Crippen MR) is 60.3 cm³/mol. The Kier molecular flexibility index (Phi) is 11.6. The Hall–Kier alpha value is 1.03. The second-order valence-corrected chi connectivity index (χ2v) is 5.87. The zero-order chi connectivity index (χ0) is 16.1. The average molecular weight is 378 g/mol. The van der Waals surface area contributed by atoms with E-state index >= 15 is 0 Å². The average Bonchev–Trinajstić information content (AvgIpc) is 2.29. The van der Waals surface area contributed by atoms with Crippen LogP contribution in [-0.4, -0.2) is 100 Å². The van der Waals surface area contributed by atoms with Gasteiger partial charge in [0.15, 0.2) is 5.78 Å². The van der Waals surface area contributed by atoms with Gasteiger partial charge in [0.05, 0.1) is 14.4 Å². The monoisotopic (exact) mass is 378 g/mol. The fourth-order valence-corrected chi connectivity index (χ4v) is 1.53.